The maximum Gasteiger partial charge on any atom is 0.255 e. The lowest BCUT2D eigenvalue weighted by Crippen LogP contribution is -2.34. The number of likely N-dealkylation sites (tertiary alicyclic amines) is 1. The fourth-order valence-electron chi connectivity index (χ4n) is 4.16. The highest BCUT2D eigenvalue weighted by Gasteiger charge is 2.46. The number of nitrogens with zero attached hydrogens (tertiary/aromatic N) is 3. The zero-order chi connectivity index (χ0) is 19.1. The molecule has 5 rings (SSSR count). The van der Waals surface area contributed by atoms with Crippen LogP contribution >= 0.6 is 11.6 Å². The molecule has 3 aromatic rings. The Hall–Kier alpha value is -2.76. The minimum absolute atomic E-state index is 0.0642. The van der Waals surface area contributed by atoms with Crippen molar-refractivity contribution in [2.75, 3.05) is 13.1 Å². The van der Waals surface area contributed by atoms with Crippen LogP contribution in [0.15, 0.2) is 61.2 Å². The molecule has 0 unspecified atom stereocenters. The lowest BCUT2D eigenvalue weighted by Gasteiger charge is -2.25. The second kappa shape index (κ2) is 6.69. The molecule has 6 heteroatoms. The van der Waals surface area contributed by atoms with Gasteiger partial charge in [0.25, 0.3) is 5.91 Å². The predicted molar refractivity (Wildman–Crippen MR) is 106 cm³/mol. The second-order valence-electron chi connectivity index (χ2n) is 7.24. The quantitative estimate of drug-likeness (QED) is 0.660. The summed E-state index contributed by atoms with van der Waals surface area (Å²) in [5, 5.41) is 0.431. The minimum atomic E-state index is -0.389. The third-order valence-electron chi connectivity index (χ3n) is 5.62. The van der Waals surface area contributed by atoms with E-state index in [0.29, 0.717) is 30.3 Å². The van der Waals surface area contributed by atoms with Crippen molar-refractivity contribution in [2.45, 2.75) is 18.6 Å². The van der Waals surface area contributed by atoms with Gasteiger partial charge in [-0.1, -0.05) is 41.9 Å². The summed E-state index contributed by atoms with van der Waals surface area (Å²) < 4.78 is 6.15. The molecule has 2 aliphatic rings. The van der Waals surface area contributed by atoms with Crippen molar-refractivity contribution in [3.63, 3.8) is 0 Å². The van der Waals surface area contributed by atoms with Crippen molar-refractivity contribution >= 4 is 17.5 Å². The van der Waals surface area contributed by atoms with E-state index in [2.05, 4.69) is 22.1 Å². The number of carbonyl (C=O) groups is 1. The molecule has 0 N–H and O–H groups in total. The van der Waals surface area contributed by atoms with Crippen LogP contribution in [0.5, 0.6) is 0 Å². The van der Waals surface area contributed by atoms with E-state index >= 15 is 0 Å². The Kier molecular flexibility index (Phi) is 4.14. The van der Waals surface area contributed by atoms with Gasteiger partial charge in [-0.15, -0.1) is 0 Å². The first-order chi connectivity index (χ1) is 13.7. The van der Waals surface area contributed by atoms with Crippen LogP contribution in [0.25, 0.3) is 11.1 Å². The second-order valence-corrected chi connectivity index (χ2v) is 7.65. The zero-order valence-corrected chi connectivity index (χ0v) is 15.9. The zero-order valence-electron chi connectivity index (χ0n) is 15.1. The number of aromatic nitrogens is 2. The van der Waals surface area contributed by atoms with Gasteiger partial charge in [0.05, 0.1) is 23.7 Å². The van der Waals surface area contributed by atoms with Gasteiger partial charge in [0.1, 0.15) is 11.9 Å². The fraction of sp³-hybridized carbons (Fsp3) is 0.227. The van der Waals surface area contributed by atoms with Gasteiger partial charge >= 0.3 is 0 Å². The van der Waals surface area contributed by atoms with Gasteiger partial charge < -0.3 is 9.64 Å². The summed E-state index contributed by atoms with van der Waals surface area (Å²) in [6, 6.07) is 13.7. The highest BCUT2D eigenvalue weighted by molar-refractivity contribution is 6.34. The first-order valence-electron chi connectivity index (χ1n) is 9.23. The van der Waals surface area contributed by atoms with Crippen LogP contribution in [0.3, 0.4) is 0 Å². The van der Waals surface area contributed by atoms with Crippen molar-refractivity contribution in [3.8, 4) is 11.1 Å². The number of halogens is 1. The molecule has 28 heavy (non-hydrogen) atoms. The minimum Gasteiger partial charge on any atom is -0.364 e. The molecule has 1 spiro atoms. The molecule has 0 saturated carbocycles. The molecule has 1 saturated heterocycles. The van der Waals surface area contributed by atoms with Crippen molar-refractivity contribution in [2.24, 2.45) is 0 Å². The van der Waals surface area contributed by atoms with Crippen LogP contribution in [-0.2, 0) is 16.9 Å². The Morgan fingerprint density at radius 2 is 1.93 bits per heavy atom. The Bertz CT molecular complexity index is 1060. The summed E-state index contributed by atoms with van der Waals surface area (Å²) in [6.07, 6.45) is 5.72. The van der Waals surface area contributed by atoms with E-state index in [-0.39, 0.29) is 11.5 Å². The number of rotatable bonds is 2. The van der Waals surface area contributed by atoms with Gasteiger partial charge in [0, 0.05) is 24.5 Å². The Balaban J connectivity index is 1.39. The summed E-state index contributed by atoms with van der Waals surface area (Å²) in [5.74, 6) is -0.0642. The number of benzene rings is 2. The summed E-state index contributed by atoms with van der Waals surface area (Å²) in [4.78, 5) is 23.0. The average Bonchev–Trinajstić information content (AvgIpc) is 3.34. The van der Waals surface area contributed by atoms with Crippen molar-refractivity contribution in [3.05, 3.63) is 82.9 Å². The molecule has 0 bridgehead atoms. The summed E-state index contributed by atoms with van der Waals surface area (Å²) in [6.45, 7) is 1.80. The van der Waals surface area contributed by atoms with E-state index in [1.165, 1.54) is 17.5 Å². The van der Waals surface area contributed by atoms with E-state index in [1.54, 1.807) is 24.5 Å². The molecule has 2 aliphatic heterocycles. The van der Waals surface area contributed by atoms with E-state index in [4.69, 9.17) is 16.3 Å². The monoisotopic (exact) mass is 391 g/mol. The normalized spacial score (nSPS) is 20.5. The maximum absolute atomic E-state index is 13.1. The molecule has 0 aliphatic carbocycles. The molecule has 1 atom stereocenters. The third-order valence-corrected chi connectivity index (χ3v) is 5.94. The lowest BCUT2D eigenvalue weighted by atomic mass is 9.92. The summed E-state index contributed by atoms with van der Waals surface area (Å²) in [7, 11) is 0. The molecule has 1 fully saturated rings. The van der Waals surface area contributed by atoms with Gasteiger partial charge in [-0.2, -0.15) is 0 Å². The first-order valence-corrected chi connectivity index (χ1v) is 9.61. The van der Waals surface area contributed by atoms with E-state index < -0.39 is 0 Å². The molecular formula is C22H18ClN3O2. The van der Waals surface area contributed by atoms with Gasteiger partial charge in [-0.3, -0.25) is 4.79 Å². The lowest BCUT2D eigenvalue weighted by molar-refractivity contribution is -0.0282. The molecule has 5 nitrogen and oxygen atoms in total. The van der Waals surface area contributed by atoms with Crippen LogP contribution in [0.2, 0.25) is 5.02 Å². The largest absolute Gasteiger partial charge is 0.364 e. The number of hydrogen-bond donors (Lipinski definition) is 0. The number of ether oxygens (including phenoxy) is 1. The Morgan fingerprint density at radius 3 is 2.75 bits per heavy atom. The van der Waals surface area contributed by atoms with Crippen molar-refractivity contribution < 1.29 is 9.53 Å². The molecule has 1 aromatic heterocycles. The molecular weight excluding hydrogens is 374 g/mol. The van der Waals surface area contributed by atoms with E-state index in [9.17, 15) is 4.79 Å². The Labute approximate surface area is 168 Å². The van der Waals surface area contributed by atoms with Gasteiger partial charge in [0.2, 0.25) is 0 Å². The first kappa shape index (κ1) is 17.3. The average molecular weight is 392 g/mol. The van der Waals surface area contributed by atoms with Crippen LogP contribution in [0, 0.1) is 0 Å². The highest BCUT2D eigenvalue weighted by atomic mass is 35.5. The van der Waals surface area contributed by atoms with Gasteiger partial charge in [-0.05, 0) is 35.2 Å². The Morgan fingerprint density at radius 1 is 1.11 bits per heavy atom. The summed E-state index contributed by atoms with van der Waals surface area (Å²) in [5.41, 5.74) is 4.28. The van der Waals surface area contributed by atoms with Crippen LogP contribution in [-0.4, -0.2) is 33.9 Å². The molecule has 140 valence electrons. The van der Waals surface area contributed by atoms with Gasteiger partial charge in [0.15, 0.2) is 0 Å². The molecule has 1 amide bonds. The fourth-order valence-corrected chi connectivity index (χ4v) is 4.43. The number of fused-ring (bicyclic) bond motifs is 2. The molecule has 0 radical (unpaired) electrons. The predicted octanol–water partition coefficient (Wildman–Crippen LogP) is 4.07. The number of amides is 1. The topological polar surface area (TPSA) is 55.3 Å². The van der Waals surface area contributed by atoms with Crippen molar-refractivity contribution in [1.29, 1.82) is 0 Å². The van der Waals surface area contributed by atoms with Crippen molar-refractivity contribution in [1.82, 2.24) is 14.9 Å². The number of hydrogen-bond acceptors (Lipinski definition) is 4. The van der Waals surface area contributed by atoms with Gasteiger partial charge in [-0.25, -0.2) is 9.97 Å². The van der Waals surface area contributed by atoms with Crippen LogP contribution in [0.1, 0.15) is 27.9 Å². The van der Waals surface area contributed by atoms with E-state index in [1.807, 2.05) is 23.1 Å². The number of carbonyl (C=O) groups excluding carboxylic acids is 1. The summed E-state index contributed by atoms with van der Waals surface area (Å²) >= 11 is 6.47. The molecule has 3 heterocycles. The van der Waals surface area contributed by atoms with Crippen LogP contribution < -0.4 is 0 Å². The van der Waals surface area contributed by atoms with Crippen LogP contribution in [0.4, 0.5) is 0 Å². The SMILES string of the molecule is O=C(c1ccc(-c2cncnc2)cc1Cl)N1CC[C@@]2(C1)OCc1ccccc12. The smallest absolute Gasteiger partial charge is 0.255 e. The third kappa shape index (κ3) is 2.79. The molecule has 2 aromatic carbocycles. The maximum atomic E-state index is 13.1. The van der Waals surface area contributed by atoms with E-state index in [0.717, 1.165) is 17.5 Å². The standard InChI is InChI=1S/C22H18ClN3O2/c23-20-9-15(17-10-24-14-25-11-17)5-6-18(20)21(27)26-8-7-22(13-26)19-4-2-1-3-16(19)12-28-22/h1-6,9-11,14H,7-8,12-13H2/t22-/m0/s1. The highest BCUT2D eigenvalue weighted by Crippen LogP contribution is 2.43.